The minimum Gasteiger partial charge on any atom is -0.481 e. The van der Waals surface area contributed by atoms with Crippen LogP contribution in [-0.4, -0.2) is 23.5 Å². The maximum absolute atomic E-state index is 12.7. The molecule has 1 aliphatic rings. The molecule has 0 saturated carbocycles. The highest BCUT2D eigenvalue weighted by Gasteiger charge is 2.32. The highest BCUT2D eigenvalue weighted by Crippen LogP contribution is 2.39. The summed E-state index contributed by atoms with van der Waals surface area (Å²) in [5.41, 5.74) is 2.61. The Kier molecular flexibility index (Phi) is 3.92. The molecule has 0 aromatic heterocycles. The van der Waals surface area contributed by atoms with Gasteiger partial charge in [-0.15, -0.1) is 0 Å². The van der Waals surface area contributed by atoms with Crippen LogP contribution in [0.4, 0.5) is 5.69 Å². The van der Waals surface area contributed by atoms with Crippen LogP contribution in [0.3, 0.4) is 0 Å². The average molecular weight is 295 g/mol. The Hall–Kier alpha value is -2.62. The van der Waals surface area contributed by atoms with Gasteiger partial charge in [-0.3, -0.25) is 9.59 Å². The predicted molar refractivity (Wildman–Crippen MR) is 84.2 cm³/mol. The minimum absolute atomic E-state index is 0.0362. The second-order valence-electron chi connectivity index (χ2n) is 5.47. The zero-order valence-corrected chi connectivity index (χ0v) is 12.1. The normalized spacial score (nSPS) is 16.4. The predicted octanol–water partition coefficient (Wildman–Crippen LogP) is 3.30. The lowest BCUT2D eigenvalue weighted by Crippen LogP contribution is -2.29. The number of hydrogen-bond donors (Lipinski definition) is 1. The second-order valence-corrected chi connectivity index (χ2v) is 5.47. The van der Waals surface area contributed by atoms with Crippen LogP contribution in [-0.2, 0) is 4.79 Å². The summed E-state index contributed by atoms with van der Waals surface area (Å²) in [6.45, 7) is 0.542. The first kappa shape index (κ1) is 14.3. The van der Waals surface area contributed by atoms with Crippen molar-refractivity contribution in [2.24, 2.45) is 0 Å². The first-order chi connectivity index (χ1) is 10.7. The lowest BCUT2D eigenvalue weighted by Gasteiger charge is -2.18. The van der Waals surface area contributed by atoms with Crippen molar-refractivity contribution in [3.8, 4) is 0 Å². The van der Waals surface area contributed by atoms with Gasteiger partial charge in [0.05, 0.1) is 0 Å². The fraction of sp³-hybridized carbons (Fsp3) is 0.222. The summed E-state index contributed by atoms with van der Waals surface area (Å²) in [5, 5.41) is 8.89. The quantitative estimate of drug-likeness (QED) is 0.941. The van der Waals surface area contributed by atoms with Crippen LogP contribution in [0.25, 0.3) is 0 Å². The third-order valence-electron chi connectivity index (χ3n) is 4.04. The smallest absolute Gasteiger partial charge is 0.303 e. The number of para-hydroxylation sites is 1. The van der Waals surface area contributed by atoms with Crippen molar-refractivity contribution in [2.75, 3.05) is 11.4 Å². The van der Waals surface area contributed by atoms with Crippen molar-refractivity contribution in [3.63, 3.8) is 0 Å². The number of benzene rings is 2. The molecule has 1 amide bonds. The van der Waals surface area contributed by atoms with Gasteiger partial charge in [0.25, 0.3) is 5.91 Å². The number of carbonyl (C=O) groups excluding carboxylic acids is 1. The topological polar surface area (TPSA) is 57.6 Å². The number of carboxylic acids is 1. The van der Waals surface area contributed by atoms with Crippen LogP contribution >= 0.6 is 0 Å². The molecule has 0 aliphatic carbocycles. The summed E-state index contributed by atoms with van der Waals surface area (Å²) in [5.74, 6) is -0.754. The summed E-state index contributed by atoms with van der Waals surface area (Å²) in [6.07, 6.45) is 0.664. The van der Waals surface area contributed by atoms with E-state index in [0.717, 1.165) is 11.3 Å². The molecule has 4 heteroatoms. The molecule has 1 N–H and O–H groups in total. The third kappa shape index (κ3) is 2.72. The van der Waals surface area contributed by atoms with E-state index in [4.69, 9.17) is 5.11 Å². The highest BCUT2D eigenvalue weighted by molar-refractivity contribution is 6.07. The molecule has 112 valence electrons. The molecule has 1 aliphatic heterocycles. The van der Waals surface area contributed by atoms with Crippen molar-refractivity contribution >= 4 is 17.6 Å². The number of anilines is 1. The lowest BCUT2D eigenvalue weighted by atomic mass is 9.96. The van der Waals surface area contributed by atoms with Crippen molar-refractivity contribution in [1.82, 2.24) is 0 Å². The van der Waals surface area contributed by atoms with Crippen LogP contribution in [0, 0.1) is 0 Å². The summed E-state index contributed by atoms with van der Waals surface area (Å²) < 4.78 is 0. The number of fused-ring (bicyclic) bond motifs is 1. The number of amides is 1. The molecular formula is C18H17NO3. The zero-order chi connectivity index (χ0) is 15.5. The molecule has 3 rings (SSSR count). The first-order valence-electron chi connectivity index (χ1n) is 7.34. The molecule has 0 unspecified atom stereocenters. The summed E-state index contributed by atoms with van der Waals surface area (Å²) >= 11 is 0. The monoisotopic (exact) mass is 295 g/mol. The van der Waals surface area contributed by atoms with Crippen LogP contribution in [0.15, 0.2) is 54.6 Å². The maximum atomic E-state index is 12.7. The molecule has 0 fully saturated rings. The Morgan fingerprint density at radius 2 is 1.73 bits per heavy atom. The van der Waals surface area contributed by atoms with Gasteiger partial charge in [0, 0.05) is 30.1 Å². The van der Waals surface area contributed by atoms with Crippen LogP contribution in [0.5, 0.6) is 0 Å². The van der Waals surface area contributed by atoms with Crippen LogP contribution < -0.4 is 4.90 Å². The molecular weight excluding hydrogens is 278 g/mol. The van der Waals surface area contributed by atoms with Gasteiger partial charge in [0.2, 0.25) is 0 Å². The molecule has 0 saturated heterocycles. The van der Waals surface area contributed by atoms with Crippen molar-refractivity contribution in [2.45, 2.75) is 18.8 Å². The lowest BCUT2D eigenvalue weighted by molar-refractivity contribution is -0.137. The molecule has 2 aromatic carbocycles. The van der Waals surface area contributed by atoms with E-state index >= 15 is 0 Å². The molecule has 4 nitrogen and oxygen atoms in total. The average Bonchev–Trinajstić information content (AvgIpc) is 2.92. The summed E-state index contributed by atoms with van der Waals surface area (Å²) in [4.78, 5) is 25.3. The second kappa shape index (κ2) is 6.02. The van der Waals surface area contributed by atoms with E-state index in [1.54, 1.807) is 17.0 Å². The van der Waals surface area contributed by atoms with Crippen LogP contribution in [0.2, 0.25) is 0 Å². The number of rotatable bonds is 4. The largest absolute Gasteiger partial charge is 0.481 e. The van der Waals surface area contributed by atoms with Gasteiger partial charge in [-0.1, -0.05) is 36.4 Å². The van der Waals surface area contributed by atoms with Gasteiger partial charge < -0.3 is 10.0 Å². The SMILES string of the molecule is O=C(O)CC[C@@H]1CN(C(=O)c2ccccc2)c2ccccc21. The summed E-state index contributed by atoms with van der Waals surface area (Å²) in [7, 11) is 0. The molecule has 1 atom stereocenters. The van der Waals surface area contributed by atoms with Crippen molar-refractivity contribution in [3.05, 3.63) is 65.7 Å². The Labute approximate surface area is 129 Å². The maximum Gasteiger partial charge on any atom is 0.303 e. The van der Waals surface area contributed by atoms with Gasteiger partial charge in [-0.05, 0) is 30.2 Å². The van der Waals surface area contributed by atoms with E-state index < -0.39 is 5.97 Å². The highest BCUT2D eigenvalue weighted by atomic mass is 16.4. The van der Waals surface area contributed by atoms with Gasteiger partial charge in [-0.2, -0.15) is 0 Å². The Morgan fingerprint density at radius 1 is 1.05 bits per heavy atom. The molecule has 1 heterocycles. The van der Waals surface area contributed by atoms with E-state index in [0.29, 0.717) is 18.5 Å². The van der Waals surface area contributed by atoms with E-state index in [1.807, 2.05) is 42.5 Å². The number of aliphatic carboxylic acids is 1. The minimum atomic E-state index is -0.801. The molecule has 22 heavy (non-hydrogen) atoms. The van der Waals surface area contributed by atoms with Crippen LogP contribution in [0.1, 0.15) is 34.7 Å². The zero-order valence-electron chi connectivity index (χ0n) is 12.1. The van der Waals surface area contributed by atoms with Gasteiger partial charge in [0.1, 0.15) is 0 Å². The van der Waals surface area contributed by atoms with Gasteiger partial charge in [-0.25, -0.2) is 0 Å². The first-order valence-corrected chi connectivity index (χ1v) is 7.34. The fourth-order valence-corrected chi connectivity index (χ4v) is 2.97. The van der Waals surface area contributed by atoms with Crippen molar-refractivity contribution in [1.29, 1.82) is 0 Å². The fourth-order valence-electron chi connectivity index (χ4n) is 2.97. The third-order valence-corrected chi connectivity index (χ3v) is 4.04. The molecule has 2 aromatic rings. The molecule has 0 radical (unpaired) electrons. The number of carboxylic acid groups (broad SMARTS) is 1. The number of carbonyl (C=O) groups is 2. The summed E-state index contributed by atoms with van der Waals surface area (Å²) in [6, 6.07) is 16.9. The molecule has 0 spiro atoms. The molecule has 0 bridgehead atoms. The van der Waals surface area contributed by atoms with E-state index in [-0.39, 0.29) is 18.2 Å². The van der Waals surface area contributed by atoms with E-state index in [2.05, 4.69) is 0 Å². The Balaban J connectivity index is 1.88. The Morgan fingerprint density at radius 3 is 2.45 bits per heavy atom. The standard InChI is InChI=1S/C18H17NO3/c20-17(21)11-10-14-12-19(16-9-5-4-8-15(14)16)18(22)13-6-2-1-3-7-13/h1-9,14H,10-12H2,(H,20,21)/t14-/m1/s1. The van der Waals surface area contributed by atoms with Gasteiger partial charge >= 0.3 is 5.97 Å². The van der Waals surface area contributed by atoms with E-state index in [1.165, 1.54) is 0 Å². The van der Waals surface area contributed by atoms with Gasteiger partial charge in [0.15, 0.2) is 0 Å². The van der Waals surface area contributed by atoms with Crippen molar-refractivity contribution < 1.29 is 14.7 Å². The number of nitrogens with zero attached hydrogens (tertiary/aromatic N) is 1. The number of hydrogen-bond acceptors (Lipinski definition) is 2. The Bertz CT molecular complexity index is 696. The van der Waals surface area contributed by atoms with E-state index in [9.17, 15) is 9.59 Å².